The summed E-state index contributed by atoms with van der Waals surface area (Å²) in [6.45, 7) is 1.83. The van der Waals surface area contributed by atoms with Crippen molar-refractivity contribution in [2.75, 3.05) is 20.1 Å². The van der Waals surface area contributed by atoms with Crippen LogP contribution in [0.3, 0.4) is 0 Å². The minimum absolute atomic E-state index is 0.396. The molecule has 0 radical (unpaired) electrons. The number of nitrogens with two attached hydrogens (primary N) is 1. The lowest BCUT2D eigenvalue weighted by Crippen LogP contribution is -2.59. The summed E-state index contributed by atoms with van der Waals surface area (Å²) in [4.78, 5) is 13.0. The monoisotopic (exact) mass is 201 g/mol. The molecule has 1 heterocycles. The zero-order valence-electron chi connectivity index (χ0n) is 7.75. The zero-order chi connectivity index (χ0) is 9.90. The molecule has 1 aliphatic rings. The maximum Gasteiger partial charge on any atom is 0.207 e. The van der Waals surface area contributed by atoms with Crippen molar-refractivity contribution >= 4 is 23.6 Å². The number of carbonyl (C=O) groups excluding carboxylic acids is 1. The molecule has 1 fully saturated rings. The minimum Gasteiger partial charge on any atom is -0.391 e. The summed E-state index contributed by atoms with van der Waals surface area (Å²) < 4.78 is 0. The molecule has 0 unspecified atom stereocenters. The van der Waals surface area contributed by atoms with Gasteiger partial charge >= 0.3 is 0 Å². The maximum absolute atomic E-state index is 10.4. The van der Waals surface area contributed by atoms with Crippen LogP contribution < -0.4 is 11.1 Å². The van der Waals surface area contributed by atoms with E-state index in [0.717, 1.165) is 25.9 Å². The summed E-state index contributed by atoms with van der Waals surface area (Å²) >= 11 is 4.97. The molecule has 0 aromatic rings. The van der Waals surface area contributed by atoms with Gasteiger partial charge in [0.05, 0.1) is 10.5 Å². The summed E-state index contributed by atoms with van der Waals surface area (Å²) in [5.41, 5.74) is 5.18. The highest BCUT2D eigenvalue weighted by Gasteiger charge is 2.35. The fourth-order valence-corrected chi connectivity index (χ4v) is 1.84. The van der Waals surface area contributed by atoms with Crippen LogP contribution in [-0.4, -0.2) is 42.0 Å². The molecule has 1 aliphatic heterocycles. The fraction of sp³-hybridized carbons (Fsp3) is 0.750. The summed E-state index contributed by atoms with van der Waals surface area (Å²) in [5, 5.41) is 2.74. The zero-order valence-corrected chi connectivity index (χ0v) is 8.56. The van der Waals surface area contributed by atoms with Crippen molar-refractivity contribution in [2.24, 2.45) is 5.73 Å². The molecule has 0 bridgehead atoms. The molecule has 0 aliphatic carbocycles. The van der Waals surface area contributed by atoms with E-state index in [-0.39, 0.29) is 0 Å². The quantitative estimate of drug-likeness (QED) is 0.477. The molecule has 0 atom stereocenters. The van der Waals surface area contributed by atoms with Crippen LogP contribution in [0.15, 0.2) is 0 Å². The van der Waals surface area contributed by atoms with Crippen LogP contribution in [0.5, 0.6) is 0 Å². The van der Waals surface area contributed by atoms with Gasteiger partial charge in [-0.1, -0.05) is 12.2 Å². The van der Waals surface area contributed by atoms with Crippen LogP contribution in [0.25, 0.3) is 0 Å². The molecule has 0 saturated carbocycles. The van der Waals surface area contributed by atoms with Gasteiger partial charge in [-0.25, -0.2) is 0 Å². The smallest absolute Gasteiger partial charge is 0.207 e. The standard InChI is InChI=1S/C8H15N3OS/c1-11-4-2-8(3-5-11,7(9)13)10-6-12/h6H,2-5H2,1H3,(H2,9,13)(H,10,12). The first-order valence-electron chi connectivity index (χ1n) is 4.30. The third-order valence-corrected chi connectivity index (χ3v) is 3.04. The van der Waals surface area contributed by atoms with E-state index in [1.165, 1.54) is 0 Å². The predicted molar refractivity (Wildman–Crippen MR) is 55.4 cm³/mol. The van der Waals surface area contributed by atoms with Crippen LogP contribution in [0, 0.1) is 0 Å². The molecule has 1 rings (SSSR count). The number of carbonyl (C=O) groups is 1. The fourth-order valence-electron chi connectivity index (χ4n) is 1.57. The molecule has 0 aromatic heterocycles. The topological polar surface area (TPSA) is 58.4 Å². The Morgan fingerprint density at radius 3 is 2.54 bits per heavy atom. The van der Waals surface area contributed by atoms with Gasteiger partial charge in [-0.05, 0) is 19.9 Å². The van der Waals surface area contributed by atoms with E-state index < -0.39 is 5.54 Å². The molecule has 4 nitrogen and oxygen atoms in total. The second kappa shape index (κ2) is 4.02. The molecule has 13 heavy (non-hydrogen) atoms. The van der Waals surface area contributed by atoms with Crippen molar-refractivity contribution in [1.29, 1.82) is 0 Å². The van der Waals surface area contributed by atoms with E-state index in [9.17, 15) is 4.79 Å². The Morgan fingerprint density at radius 2 is 2.15 bits per heavy atom. The lowest BCUT2D eigenvalue weighted by atomic mass is 9.88. The number of hydrogen-bond acceptors (Lipinski definition) is 3. The molecule has 0 spiro atoms. The highest BCUT2D eigenvalue weighted by Crippen LogP contribution is 2.21. The number of nitrogens with one attached hydrogen (secondary N) is 1. The largest absolute Gasteiger partial charge is 0.391 e. The Balaban J connectivity index is 2.68. The Kier molecular flexibility index (Phi) is 3.22. The van der Waals surface area contributed by atoms with Crippen LogP contribution in [0.4, 0.5) is 0 Å². The molecular weight excluding hydrogens is 186 g/mol. The first-order chi connectivity index (χ1) is 6.10. The van der Waals surface area contributed by atoms with Gasteiger partial charge in [-0.3, -0.25) is 4.79 Å². The number of nitrogens with zero attached hydrogens (tertiary/aromatic N) is 1. The normalized spacial score (nSPS) is 22.2. The lowest BCUT2D eigenvalue weighted by molar-refractivity contribution is -0.111. The first-order valence-corrected chi connectivity index (χ1v) is 4.71. The van der Waals surface area contributed by atoms with E-state index in [1.54, 1.807) is 0 Å². The molecule has 1 saturated heterocycles. The van der Waals surface area contributed by atoms with E-state index in [0.29, 0.717) is 11.4 Å². The lowest BCUT2D eigenvalue weighted by Gasteiger charge is -2.39. The van der Waals surface area contributed by atoms with Gasteiger partial charge in [0.2, 0.25) is 6.41 Å². The Bertz CT molecular complexity index is 211. The molecule has 3 N–H and O–H groups in total. The van der Waals surface area contributed by atoms with Crippen molar-refractivity contribution in [1.82, 2.24) is 10.2 Å². The Hall–Kier alpha value is -0.680. The highest BCUT2D eigenvalue weighted by molar-refractivity contribution is 7.80. The number of likely N-dealkylation sites (tertiary alicyclic amines) is 1. The second-order valence-electron chi connectivity index (χ2n) is 3.51. The molecular formula is C8H15N3OS. The second-order valence-corrected chi connectivity index (χ2v) is 3.95. The van der Waals surface area contributed by atoms with Crippen molar-refractivity contribution in [3.63, 3.8) is 0 Å². The minimum atomic E-state index is -0.441. The van der Waals surface area contributed by atoms with Gasteiger partial charge in [-0.15, -0.1) is 0 Å². The van der Waals surface area contributed by atoms with Gasteiger partial charge in [0.15, 0.2) is 0 Å². The van der Waals surface area contributed by atoms with Crippen molar-refractivity contribution in [3.8, 4) is 0 Å². The van der Waals surface area contributed by atoms with Gasteiger partial charge in [0.1, 0.15) is 0 Å². The average molecular weight is 201 g/mol. The SMILES string of the molecule is CN1CCC(NC=O)(C(N)=S)CC1. The summed E-state index contributed by atoms with van der Waals surface area (Å²) in [7, 11) is 2.05. The van der Waals surface area contributed by atoms with E-state index in [4.69, 9.17) is 18.0 Å². The van der Waals surface area contributed by atoms with Crippen LogP contribution in [-0.2, 0) is 4.79 Å². The summed E-state index contributed by atoms with van der Waals surface area (Å²) in [6, 6.07) is 0. The van der Waals surface area contributed by atoms with Crippen molar-refractivity contribution in [2.45, 2.75) is 18.4 Å². The van der Waals surface area contributed by atoms with Gasteiger partial charge < -0.3 is 16.0 Å². The van der Waals surface area contributed by atoms with Crippen LogP contribution >= 0.6 is 12.2 Å². The average Bonchev–Trinajstić information content (AvgIpc) is 2.09. The van der Waals surface area contributed by atoms with E-state index in [2.05, 4.69) is 10.2 Å². The summed E-state index contributed by atoms with van der Waals surface area (Å²) in [6.07, 6.45) is 2.29. The maximum atomic E-state index is 10.4. The number of hydrogen-bond donors (Lipinski definition) is 2. The third kappa shape index (κ3) is 2.16. The Morgan fingerprint density at radius 1 is 1.62 bits per heavy atom. The van der Waals surface area contributed by atoms with Gasteiger partial charge in [0.25, 0.3) is 0 Å². The first kappa shape index (κ1) is 10.4. The van der Waals surface area contributed by atoms with E-state index in [1.807, 2.05) is 7.05 Å². The third-order valence-electron chi connectivity index (χ3n) is 2.65. The number of amides is 1. The number of thiocarbonyl (C=S) groups is 1. The molecule has 5 heteroatoms. The number of rotatable bonds is 3. The van der Waals surface area contributed by atoms with Gasteiger partial charge in [-0.2, -0.15) is 0 Å². The highest BCUT2D eigenvalue weighted by atomic mass is 32.1. The molecule has 0 aromatic carbocycles. The molecule has 74 valence electrons. The predicted octanol–water partition coefficient (Wildman–Crippen LogP) is -0.517. The van der Waals surface area contributed by atoms with Crippen LogP contribution in [0.1, 0.15) is 12.8 Å². The Labute approximate surface area is 83.5 Å². The summed E-state index contributed by atoms with van der Waals surface area (Å²) in [5.74, 6) is 0. The van der Waals surface area contributed by atoms with Crippen molar-refractivity contribution in [3.05, 3.63) is 0 Å². The van der Waals surface area contributed by atoms with Crippen LogP contribution in [0.2, 0.25) is 0 Å². The number of piperidine rings is 1. The van der Waals surface area contributed by atoms with Crippen molar-refractivity contribution < 1.29 is 4.79 Å². The van der Waals surface area contributed by atoms with Gasteiger partial charge in [0, 0.05) is 13.1 Å². The van der Waals surface area contributed by atoms with E-state index >= 15 is 0 Å². The molecule has 1 amide bonds.